The number of amides is 1. The van der Waals surface area contributed by atoms with Gasteiger partial charge in [0.2, 0.25) is 0 Å². The van der Waals surface area contributed by atoms with E-state index in [0.29, 0.717) is 11.8 Å². The lowest BCUT2D eigenvalue weighted by atomic mass is 9.96. The van der Waals surface area contributed by atoms with Gasteiger partial charge in [-0.1, -0.05) is 44.2 Å². The Hall–Kier alpha value is -2.24. The fourth-order valence-corrected chi connectivity index (χ4v) is 5.63. The standard InChI is InChI=1S/C25H31N3OS/c1-16(2)20-11-7-9-17(3)23(20)27-24(29)18(4)28-14-8-10-19(15-28)25-26-21-12-5-6-13-22(21)30-25/h5-7,9,11-13,16,18-19H,8,10,14-15H2,1-4H3,(H,27,29)/p+1/t18-,19+/m1/s1. The highest BCUT2D eigenvalue weighted by atomic mass is 32.1. The van der Waals surface area contributed by atoms with Crippen molar-refractivity contribution in [3.63, 3.8) is 0 Å². The summed E-state index contributed by atoms with van der Waals surface area (Å²) >= 11 is 1.81. The number of thiazole rings is 1. The van der Waals surface area contributed by atoms with Gasteiger partial charge >= 0.3 is 0 Å². The third-order valence-corrected chi connectivity index (χ3v) is 7.60. The summed E-state index contributed by atoms with van der Waals surface area (Å²) in [6.07, 6.45) is 2.29. The van der Waals surface area contributed by atoms with E-state index >= 15 is 0 Å². The number of hydrogen-bond donors (Lipinski definition) is 2. The Balaban J connectivity index is 1.48. The van der Waals surface area contributed by atoms with E-state index in [9.17, 15) is 4.79 Å². The first-order valence-corrected chi connectivity index (χ1v) is 11.9. The first-order chi connectivity index (χ1) is 14.4. The van der Waals surface area contributed by atoms with E-state index in [-0.39, 0.29) is 11.9 Å². The summed E-state index contributed by atoms with van der Waals surface area (Å²) < 4.78 is 1.26. The van der Waals surface area contributed by atoms with Crippen LogP contribution in [0.1, 0.15) is 61.6 Å². The van der Waals surface area contributed by atoms with Crippen LogP contribution < -0.4 is 10.2 Å². The van der Waals surface area contributed by atoms with Crippen molar-refractivity contribution in [3.8, 4) is 0 Å². The molecule has 30 heavy (non-hydrogen) atoms. The summed E-state index contributed by atoms with van der Waals surface area (Å²) in [5, 5.41) is 4.48. The Morgan fingerprint density at radius 2 is 1.97 bits per heavy atom. The Morgan fingerprint density at radius 1 is 1.17 bits per heavy atom. The van der Waals surface area contributed by atoms with Crippen LogP contribution >= 0.6 is 11.3 Å². The molecule has 1 fully saturated rings. The average Bonchev–Trinajstić information content (AvgIpc) is 3.19. The molecule has 0 saturated carbocycles. The summed E-state index contributed by atoms with van der Waals surface area (Å²) in [5.41, 5.74) is 4.42. The van der Waals surface area contributed by atoms with Crippen molar-refractivity contribution >= 4 is 33.1 Å². The number of aromatic nitrogens is 1. The van der Waals surface area contributed by atoms with Crippen molar-refractivity contribution in [2.75, 3.05) is 18.4 Å². The number of aryl methyl sites for hydroxylation is 1. The number of para-hydroxylation sites is 2. The van der Waals surface area contributed by atoms with Crippen LogP contribution in [0, 0.1) is 6.92 Å². The number of nitrogens with one attached hydrogen (secondary N) is 2. The van der Waals surface area contributed by atoms with Crippen LogP contribution in [0.15, 0.2) is 42.5 Å². The first kappa shape index (κ1) is 21.0. The van der Waals surface area contributed by atoms with Crippen LogP contribution in [-0.2, 0) is 4.79 Å². The Bertz CT molecular complexity index is 1010. The van der Waals surface area contributed by atoms with Crippen LogP contribution in [0.25, 0.3) is 10.2 Å². The van der Waals surface area contributed by atoms with Gasteiger partial charge in [0.15, 0.2) is 6.04 Å². The molecule has 0 aliphatic carbocycles. The third kappa shape index (κ3) is 4.28. The van der Waals surface area contributed by atoms with Gasteiger partial charge in [-0.15, -0.1) is 11.3 Å². The molecule has 0 spiro atoms. The quantitative estimate of drug-likeness (QED) is 0.635. The number of quaternary nitrogens is 1. The van der Waals surface area contributed by atoms with E-state index < -0.39 is 0 Å². The predicted molar refractivity (Wildman–Crippen MR) is 126 cm³/mol. The van der Waals surface area contributed by atoms with Crippen molar-refractivity contribution in [2.45, 2.75) is 58.4 Å². The zero-order valence-electron chi connectivity index (χ0n) is 18.4. The number of piperidine rings is 1. The lowest BCUT2D eigenvalue weighted by molar-refractivity contribution is -0.920. The Morgan fingerprint density at radius 3 is 2.73 bits per heavy atom. The average molecular weight is 423 g/mol. The normalized spacial score (nSPS) is 20.4. The molecule has 0 bridgehead atoms. The molecule has 1 aliphatic heterocycles. The molecule has 158 valence electrons. The maximum absolute atomic E-state index is 13.2. The van der Waals surface area contributed by atoms with E-state index in [1.807, 2.05) is 17.4 Å². The highest BCUT2D eigenvalue weighted by Gasteiger charge is 2.33. The minimum atomic E-state index is -0.0817. The van der Waals surface area contributed by atoms with E-state index in [1.54, 1.807) is 0 Å². The number of rotatable bonds is 5. The van der Waals surface area contributed by atoms with Crippen LogP contribution in [0.3, 0.4) is 0 Å². The fourth-order valence-electron chi connectivity index (χ4n) is 4.52. The molecule has 5 heteroatoms. The first-order valence-electron chi connectivity index (χ1n) is 11.0. The van der Waals surface area contributed by atoms with Gasteiger partial charge in [-0.3, -0.25) is 4.79 Å². The molecule has 1 saturated heterocycles. The molecule has 1 aliphatic rings. The number of fused-ring (bicyclic) bond motifs is 1. The Kier molecular flexibility index (Phi) is 6.21. The Labute approximate surface area is 183 Å². The second-order valence-electron chi connectivity index (χ2n) is 8.88. The van der Waals surface area contributed by atoms with Gasteiger partial charge < -0.3 is 10.2 Å². The van der Waals surface area contributed by atoms with Gasteiger partial charge in [0.1, 0.15) is 5.01 Å². The molecule has 2 N–H and O–H groups in total. The lowest BCUT2D eigenvalue weighted by Gasteiger charge is -2.32. The minimum Gasteiger partial charge on any atom is -0.324 e. The topological polar surface area (TPSA) is 46.4 Å². The summed E-state index contributed by atoms with van der Waals surface area (Å²) in [6.45, 7) is 10.5. The summed E-state index contributed by atoms with van der Waals surface area (Å²) in [5.74, 6) is 0.929. The molecule has 1 aromatic heterocycles. The number of carbonyl (C=O) groups is 1. The summed E-state index contributed by atoms with van der Waals surface area (Å²) in [4.78, 5) is 19.4. The molecule has 4 rings (SSSR count). The third-order valence-electron chi connectivity index (χ3n) is 6.40. The van der Waals surface area contributed by atoms with Gasteiger partial charge in [-0.05, 0) is 55.9 Å². The van der Waals surface area contributed by atoms with E-state index in [2.05, 4.69) is 69.4 Å². The second-order valence-corrected chi connectivity index (χ2v) is 9.94. The van der Waals surface area contributed by atoms with E-state index in [1.165, 1.54) is 20.2 Å². The van der Waals surface area contributed by atoms with Gasteiger partial charge in [0.25, 0.3) is 5.91 Å². The summed E-state index contributed by atoms with van der Waals surface area (Å²) in [7, 11) is 0. The molecule has 2 aromatic carbocycles. The SMILES string of the molecule is Cc1cccc(C(C)C)c1NC(=O)[C@@H](C)[NH+]1CCC[C@H](c2nc3ccccc3s2)C1. The van der Waals surface area contributed by atoms with Crippen LogP contribution in [0.5, 0.6) is 0 Å². The summed E-state index contributed by atoms with van der Waals surface area (Å²) in [6, 6.07) is 14.5. The molecular weight excluding hydrogens is 390 g/mol. The van der Waals surface area contributed by atoms with Crippen molar-refractivity contribution in [3.05, 3.63) is 58.6 Å². The lowest BCUT2D eigenvalue weighted by Crippen LogP contribution is -3.17. The predicted octanol–water partition coefficient (Wildman–Crippen LogP) is 4.52. The van der Waals surface area contributed by atoms with Gasteiger partial charge in [-0.2, -0.15) is 0 Å². The van der Waals surface area contributed by atoms with Crippen LogP contribution in [-0.4, -0.2) is 30.0 Å². The van der Waals surface area contributed by atoms with Crippen LogP contribution in [0.2, 0.25) is 0 Å². The number of benzene rings is 2. The van der Waals surface area contributed by atoms with Gasteiger partial charge in [-0.25, -0.2) is 4.98 Å². The largest absolute Gasteiger partial charge is 0.324 e. The zero-order valence-corrected chi connectivity index (χ0v) is 19.2. The molecule has 2 heterocycles. The van der Waals surface area contributed by atoms with Crippen molar-refractivity contribution < 1.29 is 9.69 Å². The molecular formula is C25H32N3OS+. The molecule has 0 radical (unpaired) electrons. The van der Waals surface area contributed by atoms with Crippen molar-refractivity contribution in [2.24, 2.45) is 0 Å². The molecule has 1 amide bonds. The number of anilines is 1. The molecule has 4 nitrogen and oxygen atoms in total. The minimum absolute atomic E-state index is 0.0817. The number of carbonyl (C=O) groups excluding carboxylic acids is 1. The number of hydrogen-bond acceptors (Lipinski definition) is 3. The fraction of sp³-hybridized carbons (Fsp3) is 0.440. The number of likely N-dealkylation sites (tertiary alicyclic amines) is 1. The highest BCUT2D eigenvalue weighted by Crippen LogP contribution is 2.30. The van der Waals surface area contributed by atoms with Crippen molar-refractivity contribution in [1.82, 2.24) is 4.98 Å². The molecule has 1 unspecified atom stereocenters. The van der Waals surface area contributed by atoms with Crippen molar-refractivity contribution in [1.29, 1.82) is 0 Å². The second kappa shape index (κ2) is 8.86. The maximum Gasteiger partial charge on any atom is 0.282 e. The zero-order chi connectivity index (χ0) is 21.3. The molecule has 3 atom stereocenters. The smallest absolute Gasteiger partial charge is 0.282 e. The molecule has 3 aromatic rings. The van der Waals surface area contributed by atoms with Crippen LogP contribution in [0.4, 0.5) is 5.69 Å². The highest BCUT2D eigenvalue weighted by molar-refractivity contribution is 7.18. The van der Waals surface area contributed by atoms with Gasteiger partial charge in [0.05, 0.1) is 29.2 Å². The van der Waals surface area contributed by atoms with E-state index in [0.717, 1.165) is 42.7 Å². The van der Waals surface area contributed by atoms with Gasteiger partial charge in [0, 0.05) is 5.69 Å². The monoisotopic (exact) mass is 422 g/mol. The maximum atomic E-state index is 13.2. The van der Waals surface area contributed by atoms with E-state index in [4.69, 9.17) is 4.98 Å². The number of nitrogens with zero attached hydrogens (tertiary/aromatic N) is 1.